The normalized spacial score (nSPS) is 26.2. The smallest absolute Gasteiger partial charge is 0.413 e. The fraction of sp³-hybridized carbons (Fsp3) is 0.610. The van der Waals surface area contributed by atoms with Crippen molar-refractivity contribution in [1.82, 2.24) is 19.7 Å². The first-order valence-electron chi connectivity index (χ1n) is 19.1. The van der Waals surface area contributed by atoms with Crippen LogP contribution in [0.1, 0.15) is 96.1 Å². The molecule has 0 atom stereocenters. The van der Waals surface area contributed by atoms with Crippen LogP contribution < -0.4 is 9.64 Å². The number of aromatic nitrogens is 3. The van der Waals surface area contributed by atoms with E-state index in [0.29, 0.717) is 55.2 Å². The number of benzene rings is 1. The van der Waals surface area contributed by atoms with Crippen molar-refractivity contribution in [1.29, 1.82) is 0 Å². The molecule has 1 aromatic carbocycles. The van der Waals surface area contributed by atoms with Gasteiger partial charge in [0.2, 0.25) is 5.91 Å². The van der Waals surface area contributed by atoms with E-state index in [0.717, 1.165) is 81.5 Å². The van der Waals surface area contributed by atoms with Gasteiger partial charge in [-0.2, -0.15) is 18.3 Å². The number of ether oxygens (including phenoxy) is 2. The lowest BCUT2D eigenvalue weighted by molar-refractivity contribution is -0.205. The van der Waals surface area contributed by atoms with Crippen molar-refractivity contribution < 1.29 is 32.2 Å². The number of nitrogens with zero attached hydrogens (tertiary/aromatic N) is 5. The Morgan fingerprint density at radius 2 is 1.64 bits per heavy atom. The van der Waals surface area contributed by atoms with Crippen LogP contribution in [0, 0.1) is 24.2 Å². The van der Waals surface area contributed by atoms with Gasteiger partial charge >= 0.3 is 12.3 Å². The molecule has 4 aliphatic carbocycles. The van der Waals surface area contributed by atoms with E-state index < -0.39 is 11.7 Å². The Balaban J connectivity index is 1.12. The second-order valence-corrected chi connectivity index (χ2v) is 16.9. The molecule has 286 valence electrons. The summed E-state index contributed by atoms with van der Waals surface area (Å²) in [5.41, 5.74) is 1.32. The number of carbonyl (C=O) groups is 2. The quantitative estimate of drug-likeness (QED) is 0.218. The third-order valence-corrected chi connectivity index (χ3v) is 13.0. The van der Waals surface area contributed by atoms with Gasteiger partial charge in [-0.05, 0) is 137 Å². The standard InChI is InChI=1S/C41H52F3N5O4/c1-27-24-47(25-27)37(51)53-32-9-6-29(7-10-32)36(50)48(35-23-30(12-20-45-35)33-13-21-49(46-33)38(3,4)41(42,43)44)26-39-14-17-40(18-15-39,19-16-39)31-8-11-34(52-5)28(2)22-31/h8,11-13,20-23,27,29,32H,6-7,9-10,14-19,24-26H2,1-5H3/t29-,32-,39?,40?. The summed E-state index contributed by atoms with van der Waals surface area (Å²) in [5, 5.41) is 4.33. The molecule has 2 bridgehead atoms. The summed E-state index contributed by atoms with van der Waals surface area (Å²) in [6.45, 7) is 8.36. The molecule has 5 aliphatic rings. The average molecular weight is 736 g/mol. The minimum atomic E-state index is -4.49. The van der Waals surface area contributed by atoms with Crippen LogP contribution in [0.15, 0.2) is 48.8 Å². The van der Waals surface area contributed by atoms with Gasteiger partial charge in [0.25, 0.3) is 0 Å². The van der Waals surface area contributed by atoms with Crippen molar-refractivity contribution in [3.63, 3.8) is 0 Å². The van der Waals surface area contributed by atoms with Crippen molar-refractivity contribution in [3.05, 3.63) is 59.9 Å². The molecule has 3 heterocycles. The molecular formula is C41H52F3N5O4. The zero-order chi connectivity index (χ0) is 37.8. The van der Waals surface area contributed by atoms with E-state index in [2.05, 4.69) is 37.1 Å². The predicted octanol–water partition coefficient (Wildman–Crippen LogP) is 8.83. The molecule has 1 saturated heterocycles. The lowest BCUT2D eigenvalue weighted by Gasteiger charge is -2.55. The monoisotopic (exact) mass is 735 g/mol. The van der Waals surface area contributed by atoms with E-state index >= 15 is 0 Å². The number of amides is 2. The number of anilines is 1. The van der Waals surface area contributed by atoms with Gasteiger partial charge < -0.3 is 14.4 Å². The van der Waals surface area contributed by atoms with Gasteiger partial charge in [-0.25, -0.2) is 9.78 Å². The fourth-order valence-corrected chi connectivity index (χ4v) is 9.11. The molecule has 53 heavy (non-hydrogen) atoms. The van der Waals surface area contributed by atoms with Gasteiger partial charge in [0, 0.05) is 43.5 Å². The van der Waals surface area contributed by atoms with E-state index in [1.165, 1.54) is 11.8 Å². The van der Waals surface area contributed by atoms with Crippen LogP contribution in [0.4, 0.5) is 23.8 Å². The third kappa shape index (κ3) is 7.14. The highest BCUT2D eigenvalue weighted by atomic mass is 19.4. The Labute approximate surface area is 310 Å². The number of hydrogen-bond acceptors (Lipinski definition) is 6. The van der Waals surface area contributed by atoms with Crippen LogP contribution >= 0.6 is 0 Å². The summed E-state index contributed by atoms with van der Waals surface area (Å²) >= 11 is 0. The van der Waals surface area contributed by atoms with Crippen LogP contribution in [-0.4, -0.2) is 70.7 Å². The Kier molecular flexibility index (Phi) is 9.81. The lowest BCUT2D eigenvalue weighted by Crippen LogP contribution is -2.52. The number of methoxy groups -OCH3 is 1. The Bertz CT molecular complexity index is 1800. The molecule has 9 nitrogen and oxygen atoms in total. The maximum atomic E-state index is 14.7. The van der Waals surface area contributed by atoms with Crippen molar-refractivity contribution in [2.24, 2.45) is 17.3 Å². The highest BCUT2D eigenvalue weighted by Gasteiger charge is 2.51. The minimum absolute atomic E-state index is 0.00212. The Morgan fingerprint density at radius 1 is 0.962 bits per heavy atom. The SMILES string of the molecule is COc1ccc(C23CCC(CN(c4cc(-c5ccn(C(C)(C)C(F)(F)F)n5)ccn4)C(=O)[C@H]4CC[C@H](OC(=O)N5CC(C)C5)CC4)(CC2)CC3)cc1C. The number of rotatable bonds is 9. The summed E-state index contributed by atoms with van der Waals surface area (Å²) in [7, 11) is 1.70. The summed E-state index contributed by atoms with van der Waals surface area (Å²) in [4.78, 5) is 35.6. The zero-order valence-corrected chi connectivity index (χ0v) is 31.5. The molecule has 12 heteroatoms. The van der Waals surface area contributed by atoms with Gasteiger partial charge in [-0.3, -0.25) is 14.4 Å². The molecule has 1 aliphatic heterocycles. The molecule has 2 amide bonds. The number of fused-ring (bicyclic) bond motifs is 3. The molecule has 2 aromatic heterocycles. The number of alkyl halides is 3. The minimum Gasteiger partial charge on any atom is -0.496 e. The van der Waals surface area contributed by atoms with Crippen molar-refractivity contribution >= 4 is 17.8 Å². The number of pyridine rings is 1. The lowest BCUT2D eigenvalue weighted by atomic mass is 9.51. The Morgan fingerprint density at radius 3 is 2.25 bits per heavy atom. The third-order valence-electron chi connectivity index (χ3n) is 13.0. The maximum Gasteiger partial charge on any atom is 0.413 e. The molecule has 3 aromatic rings. The summed E-state index contributed by atoms with van der Waals surface area (Å²) in [5.74, 6) is 1.62. The van der Waals surface area contributed by atoms with Crippen LogP contribution in [0.5, 0.6) is 5.75 Å². The van der Waals surface area contributed by atoms with Gasteiger partial charge in [0.1, 0.15) is 17.7 Å². The van der Waals surface area contributed by atoms with Crippen molar-refractivity contribution in [2.45, 2.75) is 115 Å². The molecule has 0 radical (unpaired) electrons. The number of hydrogen-bond donors (Lipinski definition) is 0. The number of likely N-dealkylation sites (tertiary alicyclic amines) is 1. The first kappa shape index (κ1) is 37.2. The van der Waals surface area contributed by atoms with Crippen LogP contribution in [0.25, 0.3) is 11.3 Å². The number of aryl methyl sites for hydroxylation is 1. The molecule has 0 unspecified atom stereocenters. The van der Waals surface area contributed by atoms with E-state index in [-0.39, 0.29) is 34.9 Å². The van der Waals surface area contributed by atoms with E-state index in [9.17, 15) is 22.8 Å². The van der Waals surface area contributed by atoms with Gasteiger partial charge in [0.05, 0.1) is 12.8 Å². The Hall–Kier alpha value is -4.09. The predicted molar refractivity (Wildman–Crippen MR) is 196 cm³/mol. The first-order chi connectivity index (χ1) is 25.1. The fourth-order valence-electron chi connectivity index (χ4n) is 9.11. The summed E-state index contributed by atoms with van der Waals surface area (Å²) in [6, 6.07) is 11.6. The first-order valence-corrected chi connectivity index (χ1v) is 19.1. The van der Waals surface area contributed by atoms with Crippen LogP contribution in [0.3, 0.4) is 0 Å². The second kappa shape index (κ2) is 14.0. The van der Waals surface area contributed by atoms with Crippen LogP contribution in [0.2, 0.25) is 0 Å². The largest absolute Gasteiger partial charge is 0.496 e. The van der Waals surface area contributed by atoms with Crippen LogP contribution in [-0.2, 0) is 20.5 Å². The van der Waals surface area contributed by atoms with Crippen molar-refractivity contribution in [3.8, 4) is 17.0 Å². The second-order valence-electron chi connectivity index (χ2n) is 16.9. The van der Waals surface area contributed by atoms with E-state index in [4.69, 9.17) is 14.5 Å². The summed E-state index contributed by atoms with van der Waals surface area (Å²) < 4.78 is 53.8. The van der Waals surface area contributed by atoms with Gasteiger partial charge in [0.15, 0.2) is 5.54 Å². The topological polar surface area (TPSA) is 89.8 Å². The number of carbonyl (C=O) groups excluding carboxylic acids is 2. The van der Waals surface area contributed by atoms with Gasteiger partial charge in [-0.1, -0.05) is 19.1 Å². The average Bonchev–Trinajstić information content (AvgIpc) is 3.65. The molecular weight excluding hydrogens is 683 g/mol. The molecule has 0 spiro atoms. The molecule has 4 saturated carbocycles. The maximum absolute atomic E-state index is 14.7. The van der Waals surface area contributed by atoms with E-state index in [1.54, 1.807) is 36.4 Å². The number of halogens is 3. The highest BCUT2D eigenvalue weighted by Crippen LogP contribution is 2.58. The zero-order valence-electron chi connectivity index (χ0n) is 31.5. The highest BCUT2D eigenvalue weighted by molar-refractivity contribution is 5.95. The van der Waals surface area contributed by atoms with Crippen molar-refractivity contribution in [2.75, 3.05) is 31.6 Å². The van der Waals surface area contributed by atoms with E-state index in [1.807, 2.05) is 4.90 Å². The molecule has 0 N–H and O–H groups in total. The molecule has 5 fully saturated rings. The van der Waals surface area contributed by atoms with Gasteiger partial charge in [-0.15, -0.1) is 0 Å². The molecule has 8 rings (SSSR count). The summed E-state index contributed by atoms with van der Waals surface area (Å²) in [6.07, 6.45) is 6.49.